The van der Waals surface area contributed by atoms with E-state index in [4.69, 9.17) is 4.74 Å². The van der Waals surface area contributed by atoms with Crippen molar-refractivity contribution in [1.82, 2.24) is 9.88 Å². The van der Waals surface area contributed by atoms with E-state index in [2.05, 4.69) is 44.0 Å². The summed E-state index contributed by atoms with van der Waals surface area (Å²) in [4.78, 5) is 18.2. The molecule has 4 rings (SSSR count). The van der Waals surface area contributed by atoms with Gasteiger partial charge in [-0.15, -0.1) is 0 Å². The third-order valence-corrected chi connectivity index (χ3v) is 5.78. The maximum atomic E-state index is 13.0. The number of aryl methyl sites for hydroxylation is 1. The van der Waals surface area contributed by atoms with Gasteiger partial charge in [-0.2, -0.15) is 0 Å². The minimum atomic E-state index is 0.0220. The SMILES string of the molecule is Cc1ccc2cc(C(=O)N(C)C3C4CCOC4C3(C)C)[nH]c2c1. The van der Waals surface area contributed by atoms with Crippen LogP contribution in [-0.2, 0) is 4.74 Å². The standard InChI is InChI=1S/C19H24N2O2/c1-11-5-6-12-10-15(20-14(12)9-11)18(22)21(4)16-13-7-8-23-17(13)19(16,2)3/h5-6,9-10,13,16-17,20H,7-8H2,1-4H3. The second-order valence-electron chi connectivity index (χ2n) is 7.70. The van der Waals surface area contributed by atoms with E-state index in [0.29, 0.717) is 17.7 Å². The van der Waals surface area contributed by atoms with Crippen molar-refractivity contribution < 1.29 is 9.53 Å². The Hall–Kier alpha value is -1.81. The third kappa shape index (κ3) is 2.04. The normalized spacial score (nSPS) is 28.4. The van der Waals surface area contributed by atoms with Crippen molar-refractivity contribution in [2.24, 2.45) is 11.3 Å². The molecule has 23 heavy (non-hydrogen) atoms. The number of amides is 1. The molecule has 1 aromatic heterocycles. The smallest absolute Gasteiger partial charge is 0.270 e. The van der Waals surface area contributed by atoms with E-state index in [1.165, 1.54) is 5.56 Å². The fourth-order valence-corrected chi connectivity index (χ4v) is 4.76. The summed E-state index contributed by atoms with van der Waals surface area (Å²) >= 11 is 0. The van der Waals surface area contributed by atoms with Gasteiger partial charge in [-0.05, 0) is 31.0 Å². The van der Waals surface area contributed by atoms with Gasteiger partial charge in [0, 0.05) is 41.9 Å². The molecule has 1 aromatic carbocycles. The van der Waals surface area contributed by atoms with Crippen molar-refractivity contribution >= 4 is 16.8 Å². The molecule has 1 aliphatic heterocycles. The zero-order valence-electron chi connectivity index (χ0n) is 14.2. The van der Waals surface area contributed by atoms with E-state index < -0.39 is 0 Å². The van der Waals surface area contributed by atoms with Crippen molar-refractivity contribution in [2.45, 2.75) is 39.3 Å². The molecule has 1 amide bonds. The molecule has 2 heterocycles. The first-order chi connectivity index (χ1) is 10.9. The minimum absolute atomic E-state index is 0.0220. The van der Waals surface area contributed by atoms with Gasteiger partial charge >= 0.3 is 0 Å². The Morgan fingerprint density at radius 2 is 2.13 bits per heavy atom. The molecule has 1 N–H and O–H groups in total. The average molecular weight is 312 g/mol. The number of nitrogens with zero attached hydrogens (tertiary/aromatic N) is 1. The molecule has 4 nitrogen and oxygen atoms in total. The predicted octanol–water partition coefficient (Wildman–Crippen LogP) is 3.36. The number of aromatic nitrogens is 1. The summed E-state index contributed by atoms with van der Waals surface area (Å²) in [5, 5.41) is 1.09. The van der Waals surface area contributed by atoms with E-state index in [1.807, 2.05) is 18.0 Å². The molecule has 3 unspecified atom stereocenters. The number of nitrogens with one attached hydrogen (secondary N) is 1. The van der Waals surface area contributed by atoms with Crippen LogP contribution in [0.2, 0.25) is 0 Å². The van der Waals surface area contributed by atoms with Gasteiger partial charge in [-0.3, -0.25) is 4.79 Å². The van der Waals surface area contributed by atoms with Crippen molar-refractivity contribution in [3.63, 3.8) is 0 Å². The molecule has 0 spiro atoms. The number of fused-ring (bicyclic) bond motifs is 2. The number of carbonyl (C=O) groups is 1. The molecule has 4 heteroatoms. The zero-order valence-corrected chi connectivity index (χ0v) is 14.2. The molecule has 0 bridgehead atoms. The molecule has 1 saturated carbocycles. The van der Waals surface area contributed by atoms with Crippen molar-refractivity contribution in [3.05, 3.63) is 35.5 Å². The Kier molecular flexibility index (Phi) is 3.11. The Bertz CT molecular complexity index is 777. The predicted molar refractivity (Wildman–Crippen MR) is 90.5 cm³/mol. The third-order valence-electron chi connectivity index (χ3n) is 5.78. The largest absolute Gasteiger partial charge is 0.377 e. The highest BCUT2D eigenvalue weighted by Crippen LogP contribution is 2.54. The maximum Gasteiger partial charge on any atom is 0.270 e. The van der Waals surface area contributed by atoms with Crippen LogP contribution in [0.3, 0.4) is 0 Å². The van der Waals surface area contributed by atoms with Gasteiger partial charge in [-0.25, -0.2) is 0 Å². The lowest BCUT2D eigenvalue weighted by Gasteiger charge is -2.57. The number of hydrogen-bond acceptors (Lipinski definition) is 2. The van der Waals surface area contributed by atoms with Crippen LogP contribution in [0.25, 0.3) is 10.9 Å². The van der Waals surface area contributed by atoms with Gasteiger partial charge in [0.1, 0.15) is 5.69 Å². The van der Waals surface area contributed by atoms with Crippen molar-refractivity contribution in [1.29, 1.82) is 0 Å². The van der Waals surface area contributed by atoms with Crippen molar-refractivity contribution in [3.8, 4) is 0 Å². The first-order valence-electron chi connectivity index (χ1n) is 8.38. The maximum absolute atomic E-state index is 13.0. The molecule has 0 radical (unpaired) electrons. The van der Waals surface area contributed by atoms with Gasteiger partial charge in [0.2, 0.25) is 0 Å². The molecule has 2 fully saturated rings. The summed E-state index contributed by atoms with van der Waals surface area (Å²) in [5.74, 6) is 0.549. The van der Waals surface area contributed by atoms with Crippen molar-refractivity contribution in [2.75, 3.05) is 13.7 Å². The molecule has 1 aliphatic carbocycles. The fourth-order valence-electron chi connectivity index (χ4n) is 4.76. The lowest BCUT2D eigenvalue weighted by Crippen LogP contribution is -2.66. The average Bonchev–Trinajstić information content (AvgIpc) is 3.10. The van der Waals surface area contributed by atoms with Gasteiger partial charge in [0.15, 0.2) is 0 Å². The Balaban J connectivity index is 1.62. The lowest BCUT2D eigenvalue weighted by molar-refractivity contribution is -0.139. The minimum Gasteiger partial charge on any atom is -0.377 e. The van der Waals surface area contributed by atoms with Crippen LogP contribution in [0.4, 0.5) is 0 Å². The molecule has 1 saturated heterocycles. The van der Waals surface area contributed by atoms with Crippen LogP contribution in [-0.4, -0.2) is 41.6 Å². The molecule has 2 aromatic rings. The number of hydrogen-bond donors (Lipinski definition) is 1. The van der Waals surface area contributed by atoms with Crippen LogP contribution < -0.4 is 0 Å². The zero-order chi connectivity index (χ0) is 16.4. The lowest BCUT2D eigenvalue weighted by atomic mass is 9.57. The van der Waals surface area contributed by atoms with Crippen LogP contribution in [0, 0.1) is 18.3 Å². The van der Waals surface area contributed by atoms with E-state index in [0.717, 1.165) is 23.9 Å². The Morgan fingerprint density at radius 3 is 2.91 bits per heavy atom. The summed E-state index contributed by atoms with van der Waals surface area (Å²) < 4.78 is 5.85. The van der Waals surface area contributed by atoms with Gasteiger partial charge in [0.25, 0.3) is 5.91 Å². The van der Waals surface area contributed by atoms with Gasteiger partial charge in [-0.1, -0.05) is 26.0 Å². The summed E-state index contributed by atoms with van der Waals surface area (Å²) in [6, 6.07) is 8.42. The second kappa shape index (κ2) is 4.84. The summed E-state index contributed by atoms with van der Waals surface area (Å²) in [7, 11) is 1.93. The highest BCUT2D eigenvalue weighted by Gasteiger charge is 2.61. The first kappa shape index (κ1) is 14.8. The summed E-state index contributed by atoms with van der Waals surface area (Å²) in [5.41, 5.74) is 2.91. The molecule has 2 aliphatic rings. The van der Waals surface area contributed by atoms with E-state index >= 15 is 0 Å². The van der Waals surface area contributed by atoms with Crippen LogP contribution in [0.5, 0.6) is 0 Å². The number of aromatic amines is 1. The highest BCUT2D eigenvalue weighted by molar-refractivity contribution is 5.98. The first-order valence-corrected chi connectivity index (χ1v) is 8.38. The summed E-state index contributed by atoms with van der Waals surface area (Å²) in [6.45, 7) is 7.30. The van der Waals surface area contributed by atoms with E-state index in [9.17, 15) is 4.79 Å². The van der Waals surface area contributed by atoms with Gasteiger partial charge < -0.3 is 14.6 Å². The molecule has 122 valence electrons. The molecular weight excluding hydrogens is 288 g/mol. The quantitative estimate of drug-likeness (QED) is 0.924. The Morgan fingerprint density at radius 1 is 1.35 bits per heavy atom. The van der Waals surface area contributed by atoms with E-state index in [1.54, 1.807) is 0 Å². The second-order valence-corrected chi connectivity index (χ2v) is 7.70. The molecular formula is C19H24N2O2. The number of H-pyrrole nitrogens is 1. The van der Waals surface area contributed by atoms with Gasteiger partial charge in [0.05, 0.1) is 6.10 Å². The van der Waals surface area contributed by atoms with Crippen LogP contribution in [0.1, 0.15) is 36.3 Å². The number of ether oxygens (including phenoxy) is 1. The number of rotatable bonds is 2. The fraction of sp³-hybridized carbons (Fsp3) is 0.526. The summed E-state index contributed by atoms with van der Waals surface area (Å²) in [6.07, 6.45) is 1.36. The number of benzene rings is 1. The van der Waals surface area contributed by atoms with Crippen LogP contribution >= 0.6 is 0 Å². The Labute approximate surface area is 136 Å². The topological polar surface area (TPSA) is 45.3 Å². The monoisotopic (exact) mass is 312 g/mol. The number of carbonyl (C=O) groups excluding carboxylic acids is 1. The van der Waals surface area contributed by atoms with E-state index in [-0.39, 0.29) is 17.4 Å². The molecule has 3 atom stereocenters. The van der Waals surface area contributed by atoms with Crippen LogP contribution in [0.15, 0.2) is 24.3 Å². The highest BCUT2D eigenvalue weighted by atomic mass is 16.5.